The Morgan fingerprint density at radius 2 is 2.36 bits per heavy atom. The Balaban J connectivity index is 2.31. The van der Waals surface area contributed by atoms with Crippen molar-refractivity contribution in [3.63, 3.8) is 0 Å². The van der Waals surface area contributed by atoms with E-state index in [4.69, 9.17) is 5.26 Å². The lowest BCUT2D eigenvalue weighted by Crippen LogP contribution is -2.18. The number of ketones is 1. The molecule has 1 aliphatic carbocycles. The molecule has 0 bridgehead atoms. The zero-order chi connectivity index (χ0) is 8.10. The highest BCUT2D eigenvalue weighted by molar-refractivity contribution is 5.81. The molecule has 0 unspecified atom stereocenters. The van der Waals surface area contributed by atoms with Gasteiger partial charge in [-0.3, -0.25) is 4.79 Å². The lowest BCUT2D eigenvalue weighted by atomic mass is 9.85. The molecule has 2 nitrogen and oxygen atoms in total. The Bertz CT molecular complexity index is 180. The summed E-state index contributed by atoms with van der Waals surface area (Å²) in [5, 5.41) is 8.32. The van der Waals surface area contributed by atoms with Crippen LogP contribution in [-0.2, 0) is 4.79 Å². The molecule has 0 amide bonds. The third-order valence-corrected chi connectivity index (χ3v) is 2.29. The number of hydrogen-bond acceptors (Lipinski definition) is 2. The van der Waals surface area contributed by atoms with Gasteiger partial charge in [-0.25, -0.2) is 0 Å². The molecule has 1 rings (SSSR count). The molecule has 0 aliphatic heterocycles. The van der Waals surface area contributed by atoms with Gasteiger partial charge in [0.1, 0.15) is 5.78 Å². The van der Waals surface area contributed by atoms with Crippen LogP contribution >= 0.6 is 0 Å². The lowest BCUT2D eigenvalue weighted by Gasteiger charge is -2.18. The Morgan fingerprint density at radius 1 is 1.55 bits per heavy atom. The van der Waals surface area contributed by atoms with E-state index in [1.807, 2.05) is 0 Å². The molecule has 0 N–H and O–H groups in total. The van der Waals surface area contributed by atoms with Crippen molar-refractivity contribution in [2.45, 2.75) is 38.5 Å². The number of carbonyl (C=O) groups is 1. The summed E-state index contributed by atoms with van der Waals surface area (Å²) < 4.78 is 0. The highest BCUT2D eigenvalue weighted by atomic mass is 16.1. The summed E-state index contributed by atoms with van der Waals surface area (Å²) in [7, 11) is 0. The quantitative estimate of drug-likeness (QED) is 0.606. The first-order valence-corrected chi connectivity index (χ1v) is 4.24. The molecule has 1 atom stereocenters. The first-order chi connectivity index (χ1) is 5.34. The van der Waals surface area contributed by atoms with Crippen LogP contribution in [0.3, 0.4) is 0 Å². The van der Waals surface area contributed by atoms with Gasteiger partial charge in [0, 0.05) is 18.8 Å². The molecular formula is C9H13NO. The topological polar surface area (TPSA) is 40.9 Å². The van der Waals surface area contributed by atoms with Crippen molar-refractivity contribution in [3.8, 4) is 6.07 Å². The van der Waals surface area contributed by atoms with Crippen LogP contribution < -0.4 is 0 Å². The van der Waals surface area contributed by atoms with Crippen molar-refractivity contribution < 1.29 is 4.79 Å². The van der Waals surface area contributed by atoms with Gasteiger partial charge in [-0.15, -0.1) is 0 Å². The Hall–Kier alpha value is -0.840. The average molecular weight is 151 g/mol. The largest absolute Gasteiger partial charge is 0.299 e. The van der Waals surface area contributed by atoms with Gasteiger partial charge in [0.15, 0.2) is 0 Å². The fourth-order valence-corrected chi connectivity index (χ4v) is 1.60. The molecule has 1 saturated carbocycles. The van der Waals surface area contributed by atoms with Gasteiger partial charge in [0.25, 0.3) is 0 Å². The summed E-state index contributed by atoms with van der Waals surface area (Å²) in [5.74, 6) is 0.592. The average Bonchev–Trinajstić information content (AvgIpc) is 2.03. The normalized spacial score (nSPS) is 24.6. The van der Waals surface area contributed by atoms with Crippen LogP contribution in [0.4, 0.5) is 0 Å². The van der Waals surface area contributed by atoms with Crippen LogP contribution in [-0.4, -0.2) is 5.78 Å². The van der Waals surface area contributed by atoms with E-state index in [1.165, 1.54) is 6.42 Å². The van der Waals surface area contributed by atoms with Crippen molar-refractivity contribution >= 4 is 5.78 Å². The van der Waals surface area contributed by atoms with E-state index in [9.17, 15) is 4.79 Å². The van der Waals surface area contributed by atoms with E-state index in [2.05, 4.69) is 6.07 Å². The van der Waals surface area contributed by atoms with E-state index < -0.39 is 0 Å². The Morgan fingerprint density at radius 3 is 3.00 bits per heavy atom. The molecule has 0 spiro atoms. The Kier molecular flexibility index (Phi) is 3.10. The first-order valence-electron chi connectivity index (χ1n) is 4.24. The molecule has 0 aromatic rings. The minimum atomic E-state index is 0.211. The van der Waals surface area contributed by atoms with Gasteiger partial charge in [-0.1, -0.05) is 6.42 Å². The summed E-state index contributed by atoms with van der Waals surface area (Å²) in [4.78, 5) is 11.2. The van der Waals surface area contributed by atoms with Crippen LogP contribution in [0.15, 0.2) is 0 Å². The minimum absolute atomic E-state index is 0.211. The number of hydrogen-bond donors (Lipinski definition) is 0. The van der Waals surface area contributed by atoms with Gasteiger partial charge in [-0.2, -0.15) is 5.26 Å². The number of rotatable bonds is 2. The fourth-order valence-electron chi connectivity index (χ4n) is 1.60. The highest BCUT2D eigenvalue weighted by Gasteiger charge is 2.20. The second kappa shape index (κ2) is 4.12. The summed E-state index contributed by atoms with van der Waals surface area (Å²) in [6.07, 6.45) is 5.31. The molecule has 60 valence electrons. The monoisotopic (exact) mass is 151 g/mol. The maximum absolute atomic E-state index is 11.2. The summed E-state index contributed by atoms with van der Waals surface area (Å²) in [5.41, 5.74) is 0. The van der Waals surface area contributed by atoms with Crippen molar-refractivity contribution in [2.75, 3.05) is 0 Å². The molecule has 0 saturated heterocycles. The zero-order valence-corrected chi connectivity index (χ0v) is 6.68. The van der Waals surface area contributed by atoms with Crippen LogP contribution in [0.1, 0.15) is 38.5 Å². The van der Waals surface area contributed by atoms with E-state index >= 15 is 0 Å². The summed E-state index contributed by atoms with van der Waals surface area (Å²) in [6, 6.07) is 2.08. The third kappa shape index (κ3) is 2.34. The second-order valence-corrected chi connectivity index (χ2v) is 3.11. The van der Waals surface area contributed by atoms with Crippen molar-refractivity contribution in [3.05, 3.63) is 0 Å². The van der Waals surface area contributed by atoms with E-state index in [0.29, 0.717) is 12.2 Å². The van der Waals surface area contributed by atoms with Gasteiger partial charge in [-0.05, 0) is 19.3 Å². The zero-order valence-electron chi connectivity index (χ0n) is 6.68. The molecule has 0 radical (unpaired) electrons. The summed E-state index contributed by atoms with van der Waals surface area (Å²) in [6.45, 7) is 0. The van der Waals surface area contributed by atoms with Gasteiger partial charge in [0.2, 0.25) is 0 Å². The maximum Gasteiger partial charge on any atom is 0.136 e. The van der Waals surface area contributed by atoms with E-state index in [-0.39, 0.29) is 5.92 Å². The van der Waals surface area contributed by atoms with Gasteiger partial charge in [0.05, 0.1) is 6.07 Å². The second-order valence-electron chi connectivity index (χ2n) is 3.11. The smallest absolute Gasteiger partial charge is 0.136 e. The molecule has 0 aromatic carbocycles. The number of carbonyl (C=O) groups excluding carboxylic acids is 1. The highest BCUT2D eigenvalue weighted by Crippen LogP contribution is 2.23. The van der Waals surface area contributed by atoms with Crippen LogP contribution in [0.2, 0.25) is 0 Å². The number of nitrogens with zero attached hydrogens (tertiary/aromatic N) is 1. The van der Waals surface area contributed by atoms with Crippen molar-refractivity contribution in [1.82, 2.24) is 0 Å². The van der Waals surface area contributed by atoms with Crippen molar-refractivity contribution in [2.24, 2.45) is 5.92 Å². The predicted molar refractivity (Wildman–Crippen MR) is 41.8 cm³/mol. The standard InChI is InChI=1S/C9H13NO/c10-7-3-5-8-4-1-2-6-9(8)11/h8H,1-6H2/t8-/m0/s1. The maximum atomic E-state index is 11.2. The SMILES string of the molecule is N#CCC[C@@H]1CCCCC1=O. The molecule has 0 heterocycles. The molecule has 1 aliphatic rings. The van der Waals surface area contributed by atoms with Crippen LogP contribution in [0.5, 0.6) is 0 Å². The Labute approximate surface area is 67.2 Å². The van der Waals surface area contributed by atoms with Crippen LogP contribution in [0, 0.1) is 17.2 Å². The van der Waals surface area contributed by atoms with Gasteiger partial charge >= 0.3 is 0 Å². The van der Waals surface area contributed by atoms with Crippen LogP contribution in [0.25, 0.3) is 0 Å². The van der Waals surface area contributed by atoms with E-state index in [1.54, 1.807) is 0 Å². The van der Waals surface area contributed by atoms with Crippen molar-refractivity contribution in [1.29, 1.82) is 5.26 Å². The molecule has 11 heavy (non-hydrogen) atoms. The third-order valence-electron chi connectivity index (χ3n) is 2.29. The number of nitriles is 1. The lowest BCUT2D eigenvalue weighted by molar-refractivity contribution is -0.124. The number of Topliss-reactive ketones (excluding diaryl/α,β-unsaturated/α-hetero) is 1. The fraction of sp³-hybridized carbons (Fsp3) is 0.778. The first kappa shape index (κ1) is 8.26. The molecular weight excluding hydrogens is 138 g/mol. The minimum Gasteiger partial charge on any atom is -0.299 e. The summed E-state index contributed by atoms with van der Waals surface area (Å²) >= 11 is 0. The predicted octanol–water partition coefficient (Wildman–Crippen LogP) is 2.05. The molecule has 1 fully saturated rings. The van der Waals surface area contributed by atoms with E-state index in [0.717, 1.165) is 25.7 Å². The van der Waals surface area contributed by atoms with Gasteiger partial charge < -0.3 is 0 Å². The molecule has 2 heteroatoms. The molecule has 0 aromatic heterocycles.